The van der Waals surface area contributed by atoms with Crippen LogP contribution in [0.15, 0.2) is 42.5 Å². The van der Waals surface area contributed by atoms with Gasteiger partial charge in [-0.05, 0) is 69.0 Å². The van der Waals surface area contributed by atoms with Crippen LogP contribution in [0.5, 0.6) is 0 Å². The average Bonchev–Trinajstić information content (AvgIpc) is 3.08. The van der Waals surface area contributed by atoms with Crippen molar-refractivity contribution < 1.29 is 13.9 Å². The first-order chi connectivity index (χ1) is 15.8. The molecule has 1 saturated heterocycles. The summed E-state index contributed by atoms with van der Waals surface area (Å²) in [4.78, 5) is 13.0. The van der Waals surface area contributed by atoms with E-state index in [4.69, 9.17) is 16.3 Å². The Morgan fingerprint density at radius 3 is 2.64 bits per heavy atom. The van der Waals surface area contributed by atoms with E-state index in [2.05, 4.69) is 10.4 Å². The molecule has 1 N–H and O–H groups in total. The highest BCUT2D eigenvalue weighted by Crippen LogP contribution is 2.34. The summed E-state index contributed by atoms with van der Waals surface area (Å²) in [6.07, 6.45) is 1.70. The minimum atomic E-state index is -0.330. The predicted octanol–water partition coefficient (Wildman–Crippen LogP) is 5.00. The van der Waals surface area contributed by atoms with Crippen molar-refractivity contribution in [2.24, 2.45) is 0 Å². The van der Waals surface area contributed by atoms with Gasteiger partial charge in [0, 0.05) is 41.5 Å². The molecule has 1 fully saturated rings. The third-order valence-electron chi connectivity index (χ3n) is 6.69. The third-order valence-corrected chi connectivity index (χ3v) is 7.10. The Morgan fingerprint density at radius 2 is 1.94 bits per heavy atom. The maximum absolute atomic E-state index is 13.9. The number of rotatable bonds is 6. The molecule has 0 radical (unpaired) electrons. The number of halogens is 2. The highest BCUT2D eigenvalue weighted by atomic mass is 35.5. The topological polar surface area (TPSA) is 56.2 Å². The monoisotopic (exact) mass is 469 g/mol. The van der Waals surface area contributed by atoms with Gasteiger partial charge in [-0.2, -0.15) is 5.10 Å². The lowest BCUT2D eigenvalue weighted by Crippen LogP contribution is -2.45. The molecule has 1 aromatic heterocycles. The summed E-state index contributed by atoms with van der Waals surface area (Å²) in [7, 11) is 0. The van der Waals surface area contributed by atoms with Crippen LogP contribution in [0.3, 0.4) is 0 Å². The molecule has 0 aliphatic carbocycles. The van der Waals surface area contributed by atoms with Gasteiger partial charge >= 0.3 is 0 Å². The van der Waals surface area contributed by atoms with Gasteiger partial charge in [0.15, 0.2) is 0 Å². The first kappa shape index (κ1) is 23.5. The standard InChI is InChI=1S/C26H29ClFN3O2/c1-17-7-8-22(14-24(17)27)31-19(3)23(18(2)30-31)15-25(32)29-16-26(9-11-33-12-10-26)20-5-4-6-21(28)13-20/h4-8,13-14H,9-12,15-16H2,1-3H3,(H,29,32). The fraction of sp³-hybridized carbons (Fsp3) is 0.385. The Bertz CT molecular complexity index is 1170. The van der Waals surface area contributed by atoms with Gasteiger partial charge in [-0.15, -0.1) is 0 Å². The van der Waals surface area contributed by atoms with Gasteiger partial charge < -0.3 is 10.1 Å². The molecule has 3 aromatic rings. The van der Waals surface area contributed by atoms with Crippen LogP contribution in [0.2, 0.25) is 5.02 Å². The number of hydrogen-bond acceptors (Lipinski definition) is 3. The summed E-state index contributed by atoms with van der Waals surface area (Å²) < 4.78 is 21.3. The van der Waals surface area contributed by atoms with Crippen LogP contribution in [0.25, 0.3) is 5.69 Å². The van der Waals surface area contributed by atoms with E-state index in [1.54, 1.807) is 12.1 Å². The number of carbonyl (C=O) groups excluding carboxylic acids is 1. The molecule has 0 unspecified atom stereocenters. The smallest absolute Gasteiger partial charge is 0.224 e. The molecular formula is C26H29ClFN3O2. The lowest BCUT2D eigenvalue weighted by molar-refractivity contribution is -0.121. The van der Waals surface area contributed by atoms with Crippen molar-refractivity contribution in [1.82, 2.24) is 15.1 Å². The Hall–Kier alpha value is -2.70. The zero-order valence-corrected chi connectivity index (χ0v) is 20.0. The van der Waals surface area contributed by atoms with Crippen LogP contribution >= 0.6 is 11.6 Å². The molecule has 1 amide bonds. The summed E-state index contributed by atoms with van der Waals surface area (Å²) in [5.41, 5.74) is 5.06. The second-order valence-corrected chi connectivity index (χ2v) is 9.26. The number of carbonyl (C=O) groups is 1. The molecule has 0 bridgehead atoms. The number of hydrogen-bond donors (Lipinski definition) is 1. The van der Waals surface area contributed by atoms with Crippen LogP contribution in [-0.2, 0) is 21.4 Å². The minimum Gasteiger partial charge on any atom is -0.381 e. The molecule has 1 aliphatic heterocycles. The van der Waals surface area contributed by atoms with Gasteiger partial charge in [0.05, 0.1) is 17.8 Å². The van der Waals surface area contributed by atoms with Crippen molar-refractivity contribution >= 4 is 17.5 Å². The summed E-state index contributed by atoms with van der Waals surface area (Å²) >= 11 is 6.30. The third kappa shape index (κ3) is 4.97. The molecule has 2 aromatic carbocycles. The lowest BCUT2D eigenvalue weighted by Gasteiger charge is -2.38. The summed E-state index contributed by atoms with van der Waals surface area (Å²) in [5, 5.41) is 8.43. The maximum atomic E-state index is 13.9. The van der Waals surface area contributed by atoms with E-state index in [1.165, 1.54) is 6.07 Å². The van der Waals surface area contributed by atoms with E-state index in [-0.39, 0.29) is 23.6 Å². The first-order valence-corrected chi connectivity index (χ1v) is 11.6. The molecule has 0 saturated carbocycles. The molecule has 0 atom stereocenters. The molecular weight excluding hydrogens is 441 g/mol. The Balaban J connectivity index is 1.50. The fourth-order valence-corrected chi connectivity index (χ4v) is 4.71. The van der Waals surface area contributed by atoms with Crippen molar-refractivity contribution in [3.8, 4) is 5.69 Å². The van der Waals surface area contributed by atoms with Crippen molar-refractivity contribution in [3.05, 3.63) is 81.4 Å². The van der Waals surface area contributed by atoms with Gasteiger partial charge in [0.2, 0.25) is 5.91 Å². The van der Waals surface area contributed by atoms with Crippen LogP contribution in [0.1, 0.15) is 40.9 Å². The summed E-state index contributed by atoms with van der Waals surface area (Å²) in [5.74, 6) is -0.343. The van der Waals surface area contributed by atoms with Crippen LogP contribution in [0, 0.1) is 26.6 Å². The predicted molar refractivity (Wildman–Crippen MR) is 128 cm³/mol. The zero-order chi connectivity index (χ0) is 23.6. The number of nitrogens with zero attached hydrogens (tertiary/aromatic N) is 2. The van der Waals surface area contributed by atoms with Gasteiger partial charge in [-0.3, -0.25) is 4.79 Å². The van der Waals surface area contributed by atoms with E-state index >= 15 is 0 Å². The normalized spacial score (nSPS) is 15.4. The highest BCUT2D eigenvalue weighted by molar-refractivity contribution is 6.31. The molecule has 33 heavy (non-hydrogen) atoms. The summed E-state index contributed by atoms with van der Waals surface area (Å²) in [6.45, 7) is 7.46. The van der Waals surface area contributed by atoms with Crippen molar-refractivity contribution in [3.63, 3.8) is 0 Å². The van der Waals surface area contributed by atoms with E-state index < -0.39 is 0 Å². The largest absolute Gasteiger partial charge is 0.381 e. The Morgan fingerprint density at radius 1 is 1.18 bits per heavy atom. The fourth-order valence-electron chi connectivity index (χ4n) is 4.53. The van der Waals surface area contributed by atoms with Crippen LogP contribution in [-0.4, -0.2) is 35.4 Å². The van der Waals surface area contributed by atoms with E-state index in [9.17, 15) is 9.18 Å². The highest BCUT2D eigenvalue weighted by Gasteiger charge is 2.35. The van der Waals surface area contributed by atoms with Crippen molar-refractivity contribution in [2.75, 3.05) is 19.8 Å². The number of amides is 1. The molecule has 174 valence electrons. The number of aromatic nitrogens is 2. The van der Waals surface area contributed by atoms with Gasteiger partial charge in [0.25, 0.3) is 0 Å². The van der Waals surface area contributed by atoms with E-state index in [0.29, 0.717) is 24.8 Å². The SMILES string of the molecule is Cc1ccc(-n2nc(C)c(CC(=O)NCC3(c4cccc(F)c4)CCOCC3)c2C)cc1Cl. The van der Waals surface area contributed by atoms with Gasteiger partial charge in [-0.25, -0.2) is 9.07 Å². The zero-order valence-electron chi connectivity index (χ0n) is 19.3. The maximum Gasteiger partial charge on any atom is 0.224 e. The number of nitrogens with one attached hydrogen (secondary N) is 1. The lowest BCUT2D eigenvalue weighted by atomic mass is 9.74. The summed E-state index contributed by atoms with van der Waals surface area (Å²) in [6, 6.07) is 12.5. The number of benzene rings is 2. The molecule has 4 rings (SSSR count). The van der Waals surface area contributed by atoms with Crippen LogP contribution in [0.4, 0.5) is 4.39 Å². The van der Waals surface area contributed by atoms with E-state index in [0.717, 1.165) is 46.6 Å². The molecule has 5 nitrogen and oxygen atoms in total. The van der Waals surface area contributed by atoms with E-state index in [1.807, 2.05) is 49.7 Å². The minimum absolute atomic E-state index is 0.0787. The average molecular weight is 470 g/mol. The molecule has 2 heterocycles. The Labute approximate surface area is 198 Å². The van der Waals surface area contributed by atoms with Crippen molar-refractivity contribution in [2.45, 2.75) is 45.4 Å². The quantitative estimate of drug-likeness (QED) is 0.553. The number of ether oxygens (including phenoxy) is 1. The first-order valence-electron chi connectivity index (χ1n) is 11.2. The molecule has 1 aliphatic rings. The molecule has 7 heteroatoms. The second-order valence-electron chi connectivity index (χ2n) is 8.85. The number of aryl methyl sites for hydroxylation is 2. The molecule has 0 spiro atoms. The van der Waals surface area contributed by atoms with Gasteiger partial charge in [0.1, 0.15) is 5.82 Å². The Kier molecular flexibility index (Phi) is 6.86. The van der Waals surface area contributed by atoms with Crippen LogP contribution < -0.4 is 5.32 Å². The van der Waals surface area contributed by atoms with Gasteiger partial charge in [-0.1, -0.05) is 29.8 Å². The second kappa shape index (κ2) is 9.65. The van der Waals surface area contributed by atoms with Crippen molar-refractivity contribution in [1.29, 1.82) is 0 Å².